The molecular weight excluding hydrogens is 1120 g/mol. The predicted molar refractivity (Wildman–Crippen MR) is 333 cm³/mol. The van der Waals surface area contributed by atoms with Crippen molar-refractivity contribution in [2.45, 2.75) is 128 Å². The number of thiazole rings is 2. The molecule has 12 rings (SSSR count). The molecule has 448 valence electrons. The number of nitrogens with zero attached hydrogens (tertiary/aromatic N) is 9. The summed E-state index contributed by atoms with van der Waals surface area (Å²) in [6.07, 6.45) is 9.56. The van der Waals surface area contributed by atoms with Crippen molar-refractivity contribution in [2.24, 2.45) is 0 Å². The molecule has 4 saturated heterocycles. The van der Waals surface area contributed by atoms with E-state index >= 15 is 0 Å². The number of rotatable bonds is 9. The van der Waals surface area contributed by atoms with Crippen LogP contribution in [0.25, 0.3) is 41.6 Å². The summed E-state index contributed by atoms with van der Waals surface area (Å²) in [7, 11) is 0. The summed E-state index contributed by atoms with van der Waals surface area (Å²) in [5, 5.41) is 11.7. The summed E-state index contributed by atoms with van der Waals surface area (Å²) in [6, 6.07) is 26.2. The SMILES string of the molecule is CC(C)(C)OC(=O)N1CCC[C@@H](Nc2nc(C3CCN(c4ccccn4)CC3)[nH]c(=O)c2-c2nc3ccccc3s2)C1.CC(C)(C)OC(=O)N1CCC[C@@H](Nc2nc(C3CCNCC3)[nH]c(=O)c2-c2nc3ccccc3s2)C1.Fc1ccccn1. The topological polar surface area (TPSA) is 241 Å². The fourth-order valence-corrected chi connectivity index (χ4v) is 12.9. The molecule has 23 heteroatoms. The molecule has 6 aromatic heterocycles. The van der Waals surface area contributed by atoms with E-state index in [-0.39, 0.29) is 47.2 Å². The van der Waals surface area contributed by atoms with E-state index in [1.165, 1.54) is 34.9 Å². The van der Waals surface area contributed by atoms with Crippen LogP contribution in [0.4, 0.5) is 31.4 Å². The first-order chi connectivity index (χ1) is 40.9. The molecule has 8 aromatic rings. The van der Waals surface area contributed by atoms with Crippen LogP contribution in [0.5, 0.6) is 0 Å². The number of piperidine rings is 4. The van der Waals surface area contributed by atoms with Gasteiger partial charge in [0.05, 0.1) is 20.4 Å². The zero-order valence-corrected chi connectivity index (χ0v) is 50.7. The van der Waals surface area contributed by atoms with Crippen molar-refractivity contribution in [3.05, 3.63) is 136 Å². The van der Waals surface area contributed by atoms with E-state index in [1.807, 2.05) is 114 Å². The molecule has 0 spiro atoms. The summed E-state index contributed by atoms with van der Waals surface area (Å²) < 4.78 is 25.1. The van der Waals surface area contributed by atoms with Gasteiger partial charge < -0.3 is 50.1 Å². The highest BCUT2D eigenvalue weighted by Gasteiger charge is 2.33. The normalized spacial score (nSPS) is 18.0. The van der Waals surface area contributed by atoms with E-state index in [2.05, 4.69) is 40.8 Å². The largest absolute Gasteiger partial charge is 0.444 e. The Kier molecular flexibility index (Phi) is 19.1. The molecule has 4 aliphatic rings. The van der Waals surface area contributed by atoms with Crippen LogP contribution in [0.1, 0.15) is 116 Å². The molecule has 4 fully saturated rings. The number of carbonyl (C=O) groups excluding carboxylic acids is 2. The van der Waals surface area contributed by atoms with Crippen LogP contribution in [-0.4, -0.2) is 138 Å². The number of nitrogens with one attached hydrogen (secondary N) is 5. The van der Waals surface area contributed by atoms with Crippen LogP contribution in [0, 0.1) is 5.95 Å². The van der Waals surface area contributed by atoms with Gasteiger partial charge in [0.2, 0.25) is 5.95 Å². The fourth-order valence-electron chi connectivity index (χ4n) is 10.9. The number of carbonyl (C=O) groups is 2. The van der Waals surface area contributed by atoms with Crippen LogP contribution < -0.4 is 32.0 Å². The smallest absolute Gasteiger partial charge is 0.410 e. The third-order valence-electron chi connectivity index (χ3n) is 14.9. The summed E-state index contributed by atoms with van der Waals surface area (Å²) in [4.78, 5) is 92.1. The highest BCUT2D eigenvalue weighted by atomic mass is 32.1. The minimum absolute atomic E-state index is 0.0467. The Morgan fingerprint density at radius 3 is 1.46 bits per heavy atom. The number of hydrogen-bond acceptors (Lipinski definition) is 18. The molecule has 0 radical (unpaired) electrons. The van der Waals surface area contributed by atoms with E-state index in [0.717, 1.165) is 104 Å². The highest BCUT2D eigenvalue weighted by Crippen LogP contribution is 2.36. The number of aromatic amines is 2. The Morgan fingerprint density at radius 1 is 0.576 bits per heavy atom. The zero-order chi connectivity index (χ0) is 59.7. The second kappa shape index (κ2) is 27.0. The van der Waals surface area contributed by atoms with Crippen molar-refractivity contribution < 1.29 is 23.5 Å². The Balaban J connectivity index is 0.000000171. The van der Waals surface area contributed by atoms with Crippen molar-refractivity contribution in [1.82, 2.24) is 55.0 Å². The van der Waals surface area contributed by atoms with Crippen LogP contribution in [0.15, 0.2) is 107 Å². The average Bonchev–Trinajstić information content (AvgIpc) is 2.59. The summed E-state index contributed by atoms with van der Waals surface area (Å²) in [6.45, 7) is 17.0. The Hall–Kier alpha value is -7.89. The zero-order valence-electron chi connectivity index (χ0n) is 49.0. The number of benzene rings is 2. The number of para-hydroxylation sites is 2. The molecule has 10 heterocycles. The first kappa shape index (κ1) is 60.2. The summed E-state index contributed by atoms with van der Waals surface area (Å²) >= 11 is 2.97. The van der Waals surface area contributed by atoms with Gasteiger partial charge in [-0.2, -0.15) is 4.39 Å². The van der Waals surface area contributed by atoms with Gasteiger partial charge in [0.1, 0.15) is 61.4 Å². The van der Waals surface area contributed by atoms with Gasteiger partial charge in [-0.25, -0.2) is 39.5 Å². The van der Waals surface area contributed by atoms with Crippen LogP contribution >= 0.6 is 22.7 Å². The lowest BCUT2D eigenvalue weighted by Gasteiger charge is -2.35. The molecule has 5 N–H and O–H groups in total. The Morgan fingerprint density at radius 2 is 1.04 bits per heavy atom. The van der Waals surface area contributed by atoms with Gasteiger partial charge in [-0.15, -0.1) is 22.7 Å². The van der Waals surface area contributed by atoms with E-state index in [1.54, 1.807) is 21.9 Å². The molecule has 4 aliphatic heterocycles. The molecule has 2 atom stereocenters. The van der Waals surface area contributed by atoms with Gasteiger partial charge in [0, 0.05) is 75.6 Å². The van der Waals surface area contributed by atoms with Gasteiger partial charge in [-0.1, -0.05) is 36.4 Å². The van der Waals surface area contributed by atoms with E-state index in [0.29, 0.717) is 70.6 Å². The van der Waals surface area contributed by atoms with Gasteiger partial charge in [-0.3, -0.25) is 9.59 Å². The second-order valence-corrected chi connectivity index (χ2v) is 25.8. The minimum atomic E-state index is -0.563. The number of halogens is 1. The molecule has 2 amide bonds. The molecule has 0 saturated carbocycles. The maximum atomic E-state index is 13.8. The number of pyridine rings is 2. The van der Waals surface area contributed by atoms with E-state index in [9.17, 15) is 23.6 Å². The number of ether oxygens (including phenoxy) is 2. The van der Waals surface area contributed by atoms with Crippen molar-refractivity contribution in [3.63, 3.8) is 0 Å². The molecule has 0 unspecified atom stereocenters. The quantitative estimate of drug-likeness (QED) is 0.0844. The predicted octanol–water partition coefficient (Wildman–Crippen LogP) is 11.2. The van der Waals surface area contributed by atoms with Crippen LogP contribution in [0.2, 0.25) is 0 Å². The van der Waals surface area contributed by atoms with Crippen LogP contribution in [-0.2, 0) is 9.47 Å². The Labute approximate surface area is 501 Å². The lowest BCUT2D eigenvalue weighted by molar-refractivity contribution is 0.0196. The second-order valence-electron chi connectivity index (χ2n) is 23.8. The Bertz CT molecular complexity index is 3600. The third kappa shape index (κ3) is 15.9. The molecule has 20 nitrogen and oxygen atoms in total. The molecule has 0 aliphatic carbocycles. The summed E-state index contributed by atoms with van der Waals surface area (Å²) in [5.41, 5.74) is 1.13. The van der Waals surface area contributed by atoms with Gasteiger partial charge >= 0.3 is 12.2 Å². The first-order valence-electron chi connectivity index (χ1n) is 29.3. The van der Waals surface area contributed by atoms with Gasteiger partial charge in [0.25, 0.3) is 11.1 Å². The third-order valence-corrected chi connectivity index (χ3v) is 17.0. The standard InChI is InChI=1S/C31H37N7O3S.C26H34N6O3S.C5H4FN/c1-31(2,3)41-30(40)38-16-8-9-21(19-38)33-27-25(29-34-22-10-4-5-11-23(22)42-29)28(39)36-26(35-27)20-13-17-37(18-14-20)24-12-6-7-15-32-24;1-26(2,3)35-25(34)32-14-6-7-17(15-32)28-22-20(24-29-18-8-4-5-9-19(18)36-24)23(33)31-21(30-22)16-10-12-27-13-11-16;6-5-3-1-2-4-7-5/h4-7,10-12,15,20-21H,8-9,13-14,16-19H2,1-3H3,(H2,33,35,36,39);4-5,8-9,16-17,27H,6-7,10-15H2,1-3H3,(H2,28,30,31,33);1-4H/t21-;17-;/m11./s1. The number of H-pyrrole nitrogens is 2. The lowest BCUT2D eigenvalue weighted by atomic mass is 9.95. The van der Waals surface area contributed by atoms with Crippen LogP contribution in [0.3, 0.4) is 0 Å². The number of anilines is 3. The van der Waals surface area contributed by atoms with Crippen molar-refractivity contribution >= 4 is 72.7 Å². The summed E-state index contributed by atoms with van der Waals surface area (Å²) in [5.74, 6) is 3.33. The number of hydrogen-bond donors (Lipinski definition) is 5. The van der Waals surface area contributed by atoms with Crippen molar-refractivity contribution in [3.8, 4) is 21.1 Å². The molecule has 85 heavy (non-hydrogen) atoms. The molecule has 2 aromatic carbocycles. The molecular formula is C62H75FN14O6S2. The number of likely N-dealkylation sites (tertiary alicyclic amines) is 2. The number of aromatic nitrogens is 8. The van der Waals surface area contributed by atoms with Crippen molar-refractivity contribution in [1.29, 1.82) is 0 Å². The number of amides is 2. The van der Waals surface area contributed by atoms with Crippen molar-refractivity contribution in [2.75, 3.05) is 67.9 Å². The monoisotopic (exact) mass is 1190 g/mol. The van der Waals surface area contributed by atoms with Gasteiger partial charge in [0.15, 0.2) is 0 Å². The molecule has 0 bridgehead atoms. The first-order valence-corrected chi connectivity index (χ1v) is 31.0. The maximum absolute atomic E-state index is 13.8. The highest BCUT2D eigenvalue weighted by molar-refractivity contribution is 7.22. The minimum Gasteiger partial charge on any atom is -0.444 e. The fraction of sp³-hybridized carbons (Fsp3) is 0.452. The number of fused-ring (bicyclic) bond motifs is 2. The van der Waals surface area contributed by atoms with Gasteiger partial charge in [-0.05, 0) is 155 Å². The maximum Gasteiger partial charge on any atom is 0.410 e. The average molecular weight is 1200 g/mol. The van der Waals surface area contributed by atoms with E-state index < -0.39 is 17.1 Å². The van der Waals surface area contributed by atoms with E-state index in [4.69, 9.17) is 29.4 Å². The lowest BCUT2D eigenvalue weighted by Crippen LogP contribution is -2.47.